The summed E-state index contributed by atoms with van der Waals surface area (Å²) in [6.45, 7) is 0.269. The van der Waals surface area contributed by atoms with Crippen LogP contribution < -0.4 is 15.5 Å². The molecule has 0 fully saturated rings. The Labute approximate surface area is 216 Å². The molecule has 0 saturated heterocycles. The van der Waals surface area contributed by atoms with Gasteiger partial charge in [-0.2, -0.15) is 13.2 Å². The lowest BCUT2D eigenvalue weighted by molar-refractivity contribution is -0.137. The number of fused-ring (bicyclic) bond motifs is 1. The third kappa shape index (κ3) is 6.59. The summed E-state index contributed by atoms with van der Waals surface area (Å²) < 4.78 is 39.9. The van der Waals surface area contributed by atoms with E-state index in [0.717, 1.165) is 22.9 Å². The Morgan fingerprint density at radius 1 is 0.865 bits per heavy atom. The lowest BCUT2D eigenvalue weighted by Crippen LogP contribution is -2.37. The first kappa shape index (κ1) is 26.0. The van der Waals surface area contributed by atoms with Crippen LogP contribution in [0.15, 0.2) is 91.0 Å². The summed E-state index contributed by atoms with van der Waals surface area (Å²) in [4.78, 5) is 27.1. The summed E-state index contributed by atoms with van der Waals surface area (Å²) in [6, 6.07) is 23.3. The minimum Gasteiger partial charge on any atom is -0.352 e. The smallest absolute Gasteiger partial charge is 0.352 e. The summed E-state index contributed by atoms with van der Waals surface area (Å²) in [7, 11) is 0. The number of amides is 3. The quantitative estimate of drug-likeness (QED) is 0.247. The largest absolute Gasteiger partial charge is 0.416 e. The molecule has 3 amide bonds. The normalized spacial score (nSPS) is 11.2. The van der Waals surface area contributed by atoms with Gasteiger partial charge in [0.2, 0.25) is 0 Å². The Bertz CT molecular complexity index is 1420. The number of benzene rings is 4. The van der Waals surface area contributed by atoms with Crippen LogP contribution in [0.25, 0.3) is 10.8 Å². The van der Waals surface area contributed by atoms with Crippen LogP contribution in [0.4, 0.5) is 29.3 Å². The molecule has 0 heterocycles. The molecule has 9 heteroatoms. The van der Waals surface area contributed by atoms with E-state index in [1.54, 1.807) is 30.3 Å². The Hall–Kier alpha value is -4.04. The molecule has 0 aromatic heterocycles. The van der Waals surface area contributed by atoms with Gasteiger partial charge in [0.05, 0.1) is 5.56 Å². The lowest BCUT2D eigenvalue weighted by Gasteiger charge is -2.24. The SMILES string of the molecule is O=C(NCCCN(C(=O)Nc1cccc(Cl)c1)c1cccc(C(F)(F)F)c1)c1cccc2ccccc12. The number of alkyl halides is 3. The van der Waals surface area contributed by atoms with E-state index in [0.29, 0.717) is 22.7 Å². The van der Waals surface area contributed by atoms with Crippen molar-refractivity contribution in [2.45, 2.75) is 12.6 Å². The zero-order valence-corrected chi connectivity index (χ0v) is 20.3. The Morgan fingerprint density at radius 3 is 2.38 bits per heavy atom. The highest BCUT2D eigenvalue weighted by atomic mass is 35.5. The Morgan fingerprint density at radius 2 is 1.59 bits per heavy atom. The van der Waals surface area contributed by atoms with Gasteiger partial charge in [0, 0.05) is 35.1 Å². The topological polar surface area (TPSA) is 61.4 Å². The molecule has 5 nitrogen and oxygen atoms in total. The zero-order chi connectivity index (χ0) is 26.4. The summed E-state index contributed by atoms with van der Waals surface area (Å²) in [5.41, 5.74) is 0.134. The first-order chi connectivity index (χ1) is 17.7. The third-order valence-electron chi connectivity index (χ3n) is 5.68. The van der Waals surface area contributed by atoms with Gasteiger partial charge in [-0.3, -0.25) is 9.69 Å². The van der Waals surface area contributed by atoms with Crippen LogP contribution in [-0.4, -0.2) is 25.0 Å². The fourth-order valence-electron chi connectivity index (χ4n) is 3.91. The van der Waals surface area contributed by atoms with E-state index in [-0.39, 0.29) is 24.7 Å². The predicted molar refractivity (Wildman–Crippen MR) is 140 cm³/mol. The van der Waals surface area contributed by atoms with Gasteiger partial charge in [0.25, 0.3) is 5.91 Å². The molecule has 0 aliphatic rings. The molecule has 4 aromatic rings. The van der Waals surface area contributed by atoms with Crippen LogP contribution in [0.2, 0.25) is 5.02 Å². The van der Waals surface area contributed by atoms with E-state index in [4.69, 9.17) is 11.6 Å². The molecule has 2 N–H and O–H groups in total. The average molecular weight is 526 g/mol. The summed E-state index contributed by atoms with van der Waals surface area (Å²) in [5.74, 6) is -0.272. The van der Waals surface area contributed by atoms with Crippen molar-refractivity contribution in [3.8, 4) is 0 Å². The molecule has 4 rings (SSSR count). The first-order valence-electron chi connectivity index (χ1n) is 11.5. The van der Waals surface area contributed by atoms with Gasteiger partial charge in [-0.05, 0) is 59.7 Å². The summed E-state index contributed by atoms with van der Waals surface area (Å²) >= 11 is 5.98. The number of carbonyl (C=O) groups is 2. The molecule has 0 aliphatic heterocycles. The number of rotatable bonds is 7. The molecule has 0 saturated carbocycles. The maximum atomic E-state index is 13.3. The van der Waals surface area contributed by atoms with Gasteiger partial charge in [-0.25, -0.2) is 4.79 Å². The van der Waals surface area contributed by atoms with E-state index < -0.39 is 17.8 Å². The molecule has 0 radical (unpaired) electrons. The number of urea groups is 1. The lowest BCUT2D eigenvalue weighted by atomic mass is 10.0. The van der Waals surface area contributed by atoms with Crippen molar-refractivity contribution < 1.29 is 22.8 Å². The van der Waals surface area contributed by atoms with E-state index in [1.165, 1.54) is 23.1 Å². The van der Waals surface area contributed by atoms with Gasteiger partial charge in [0.15, 0.2) is 0 Å². The molecule has 0 unspecified atom stereocenters. The second-order valence-electron chi connectivity index (χ2n) is 8.28. The van der Waals surface area contributed by atoms with E-state index in [9.17, 15) is 22.8 Å². The highest BCUT2D eigenvalue weighted by Gasteiger charge is 2.31. The van der Waals surface area contributed by atoms with Crippen molar-refractivity contribution in [1.29, 1.82) is 0 Å². The standard InChI is InChI=1S/C28H23ClF3N3O2/c29-21-10-5-11-22(18-21)34-27(37)35(23-12-4-9-20(17-23)28(30,31)32)16-6-15-33-26(36)25-14-3-8-19-7-1-2-13-24(19)25/h1-5,7-14,17-18H,6,15-16H2,(H,33,36)(H,34,37). The molecule has 0 aliphatic carbocycles. The molecule has 190 valence electrons. The highest BCUT2D eigenvalue weighted by Crippen LogP contribution is 2.32. The number of carbonyl (C=O) groups excluding carboxylic acids is 2. The van der Waals surface area contributed by atoms with Crippen molar-refractivity contribution >= 4 is 45.7 Å². The molecular formula is C28H23ClF3N3O2. The average Bonchev–Trinajstić information content (AvgIpc) is 2.87. The van der Waals surface area contributed by atoms with Crippen molar-refractivity contribution in [1.82, 2.24) is 5.32 Å². The van der Waals surface area contributed by atoms with Crippen molar-refractivity contribution in [2.24, 2.45) is 0 Å². The molecule has 0 spiro atoms. The van der Waals surface area contributed by atoms with Gasteiger partial charge in [-0.15, -0.1) is 0 Å². The van der Waals surface area contributed by atoms with Crippen molar-refractivity contribution in [3.63, 3.8) is 0 Å². The number of hydrogen-bond donors (Lipinski definition) is 2. The van der Waals surface area contributed by atoms with Crippen LogP contribution in [-0.2, 0) is 6.18 Å². The number of anilines is 2. The second kappa shape index (κ2) is 11.3. The molecule has 4 aromatic carbocycles. The second-order valence-corrected chi connectivity index (χ2v) is 8.71. The molecule has 0 atom stereocenters. The summed E-state index contributed by atoms with van der Waals surface area (Å²) in [5, 5.41) is 7.65. The van der Waals surface area contributed by atoms with Crippen molar-refractivity contribution in [3.05, 3.63) is 107 Å². The molecule has 0 bridgehead atoms. The number of halogens is 4. The maximum absolute atomic E-state index is 13.3. The number of nitrogens with zero attached hydrogens (tertiary/aromatic N) is 1. The maximum Gasteiger partial charge on any atom is 0.416 e. The van der Waals surface area contributed by atoms with E-state index >= 15 is 0 Å². The predicted octanol–water partition coefficient (Wildman–Crippen LogP) is 7.37. The monoisotopic (exact) mass is 525 g/mol. The van der Waals surface area contributed by atoms with Crippen LogP contribution >= 0.6 is 11.6 Å². The van der Waals surface area contributed by atoms with Gasteiger partial charge >= 0.3 is 12.2 Å². The van der Waals surface area contributed by atoms with Gasteiger partial charge in [-0.1, -0.05) is 60.1 Å². The third-order valence-corrected chi connectivity index (χ3v) is 5.92. The molecular weight excluding hydrogens is 503 g/mol. The Kier molecular flexibility index (Phi) is 7.98. The van der Waals surface area contributed by atoms with Crippen LogP contribution in [0.5, 0.6) is 0 Å². The van der Waals surface area contributed by atoms with Crippen LogP contribution in [0, 0.1) is 0 Å². The Balaban J connectivity index is 1.47. The fourth-order valence-corrected chi connectivity index (χ4v) is 4.10. The van der Waals surface area contributed by atoms with Gasteiger partial charge in [0.1, 0.15) is 0 Å². The number of nitrogens with one attached hydrogen (secondary N) is 2. The zero-order valence-electron chi connectivity index (χ0n) is 19.6. The number of hydrogen-bond acceptors (Lipinski definition) is 2. The summed E-state index contributed by atoms with van der Waals surface area (Å²) in [6.07, 6.45) is -4.26. The first-order valence-corrected chi connectivity index (χ1v) is 11.9. The van der Waals surface area contributed by atoms with Crippen LogP contribution in [0.1, 0.15) is 22.3 Å². The van der Waals surface area contributed by atoms with Crippen molar-refractivity contribution in [2.75, 3.05) is 23.3 Å². The minimum absolute atomic E-state index is 0.0591. The van der Waals surface area contributed by atoms with E-state index in [2.05, 4.69) is 10.6 Å². The fraction of sp³-hybridized carbons (Fsp3) is 0.143. The van der Waals surface area contributed by atoms with Gasteiger partial charge < -0.3 is 10.6 Å². The minimum atomic E-state index is -4.56. The highest BCUT2D eigenvalue weighted by molar-refractivity contribution is 6.30. The van der Waals surface area contributed by atoms with Crippen LogP contribution in [0.3, 0.4) is 0 Å². The molecule has 37 heavy (non-hydrogen) atoms. The van der Waals surface area contributed by atoms with E-state index in [1.807, 2.05) is 30.3 Å².